The van der Waals surface area contributed by atoms with Crippen LogP contribution in [0.1, 0.15) is 15.9 Å². The predicted octanol–water partition coefficient (Wildman–Crippen LogP) is 2.68. The summed E-state index contributed by atoms with van der Waals surface area (Å²) in [6.07, 6.45) is 0. The first kappa shape index (κ1) is 13.7. The summed E-state index contributed by atoms with van der Waals surface area (Å²) in [4.78, 5) is 11.2. The number of phenolic OH excluding ortho intramolecular Hbond substituents is 1. The van der Waals surface area contributed by atoms with E-state index in [4.69, 9.17) is 14.6 Å². The van der Waals surface area contributed by atoms with Gasteiger partial charge in [-0.3, -0.25) is 0 Å². The molecule has 0 aliphatic heterocycles. The lowest BCUT2D eigenvalue weighted by atomic mass is 10.1. The van der Waals surface area contributed by atoms with Crippen LogP contribution >= 0.6 is 0 Å². The average molecular weight is 274 g/mol. The second-order valence-corrected chi connectivity index (χ2v) is 4.07. The standard InChI is InChI=1S/C15H14O5/c1-19-14-12(16)8-7-11(15(17)18)13(14)20-9-10-5-3-2-4-6-10/h2-8,16H,9H2,1H3,(H,17,18). The van der Waals surface area contributed by atoms with Crippen LogP contribution in [0.4, 0.5) is 0 Å². The fourth-order valence-corrected chi connectivity index (χ4v) is 1.79. The molecule has 0 bridgehead atoms. The molecule has 0 atom stereocenters. The molecule has 104 valence electrons. The second kappa shape index (κ2) is 5.97. The van der Waals surface area contributed by atoms with Gasteiger partial charge in [-0.05, 0) is 17.7 Å². The van der Waals surface area contributed by atoms with Gasteiger partial charge in [0.05, 0.1) is 7.11 Å². The molecule has 0 heterocycles. The maximum atomic E-state index is 11.2. The Labute approximate surface area is 116 Å². The highest BCUT2D eigenvalue weighted by Gasteiger charge is 2.20. The van der Waals surface area contributed by atoms with Crippen molar-refractivity contribution in [3.8, 4) is 17.2 Å². The van der Waals surface area contributed by atoms with Gasteiger partial charge >= 0.3 is 5.97 Å². The summed E-state index contributed by atoms with van der Waals surface area (Å²) in [5.74, 6) is -1.28. The van der Waals surface area contributed by atoms with Gasteiger partial charge in [0.25, 0.3) is 0 Å². The molecule has 0 amide bonds. The Hall–Kier alpha value is -2.69. The van der Waals surface area contributed by atoms with Crippen molar-refractivity contribution < 1.29 is 24.5 Å². The van der Waals surface area contributed by atoms with Crippen LogP contribution < -0.4 is 9.47 Å². The lowest BCUT2D eigenvalue weighted by molar-refractivity contribution is 0.0690. The van der Waals surface area contributed by atoms with Crippen molar-refractivity contribution in [3.63, 3.8) is 0 Å². The highest BCUT2D eigenvalue weighted by Crippen LogP contribution is 2.39. The Morgan fingerprint density at radius 1 is 1.10 bits per heavy atom. The molecule has 0 aromatic heterocycles. The van der Waals surface area contributed by atoms with Gasteiger partial charge in [0.1, 0.15) is 12.2 Å². The Bertz CT molecular complexity index is 607. The monoisotopic (exact) mass is 274 g/mol. The van der Waals surface area contributed by atoms with Crippen molar-refractivity contribution in [2.75, 3.05) is 7.11 Å². The van der Waals surface area contributed by atoms with Crippen molar-refractivity contribution in [1.82, 2.24) is 0 Å². The summed E-state index contributed by atoms with van der Waals surface area (Å²) >= 11 is 0. The van der Waals surface area contributed by atoms with Gasteiger partial charge in [0.2, 0.25) is 5.75 Å². The largest absolute Gasteiger partial charge is 0.504 e. The third kappa shape index (κ3) is 2.83. The molecule has 5 heteroatoms. The topological polar surface area (TPSA) is 76.0 Å². The quantitative estimate of drug-likeness (QED) is 0.876. The number of benzene rings is 2. The van der Waals surface area contributed by atoms with E-state index in [1.807, 2.05) is 30.3 Å². The first-order valence-electron chi connectivity index (χ1n) is 5.93. The third-order valence-corrected chi connectivity index (χ3v) is 2.75. The highest BCUT2D eigenvalue weighted by molar-refractivity contribution is 5.92. The molecule has 0 radical (unpaired) electrons. The van der Waals surface area contributed by atoms with Crippen LogP contribution in [0.5, 0.6) is 17.2 Å². The lowest BCUT2D eigenvalue weighted by Gasteiger charge is -2.14. The number of rotatable bonds is 5. The van der Waals surface area contributed by atoms with Gasteiger partial charge in [-0.15, -0.1) is 0 Å². The van der Waals surface area contributed by atoms with Crippen LogP contribution in [0.15, 0.2) is 42.5 Å². The molecule has 0 spiro atoms. The molecular weight excluding hydrogens is 260 g/mol. The zero-order valence-corrected chi connectivity index (χ0v) is 10.9. The van der Waals surface area contributed by atoms with E-state index in [-0.39, 0.29) is 29.4 Å². The molecular formula is C15H14O5. The van der Waals surface area contributed by atoms with Gasteiger partial charge in [0, 0.05) is 0 Å². The number of carboxylic acid groups (broad SMARTS) is 1. The minimum atomic E-state index is -1.15. The van der Waals surface area contributed by atoms with Crippen LogP contribution in [0, 0.1) is 0 Å². The van der Waals surface area contributed by atoms with Crippen LogP contribution in [-0.4, -0.2) is 23.3 Å². The van der Waals surface area contributed by atoms with E-state index in [9.17, 15) is 9.90 Å². The fraction of sp³-hybridized carbons (Fsp3) is 0.133. The molecule has 0 saturated carbocycles. The lowest BCUT2D eigenvalue weighted by Crippen LogP contribution is -2.05. The summed E-state index contributed by atoms with van der Waals surface area (Å²) in [6, 6.07) is 11.8. The smallest absolute Gasteiger partial charge is 0.339 e. The van der Waals surface area contributed by atoms with Crippen molar-refractivity contribution in [2.45, 2.75) is 6.61 Å². The van der Waals surface area contributed by atoms with E-state index in [1.54, 1.807) is 0 Å². The Morgan fingerprint density at radius 2 is 1.80 bits per heavy atom. The molecule has 0 fully saturated rings. The van der Waals surface area contributed by atoms with Crippen molar-refractivity contribution in [3.05, 3.63) is 53.6 Å². The van der Waals surface area contributed by atoms with E-state index >= 15 is 0 Å². The first-order chi connectivity index (χ1) is 9.63. The number of carboxylic acids is 1. The summed E-state index contributed by atoms with van der Waals surface area (Å²) in [6.45, 7) is 0.181. The van der Waals surface area contributed by atoms with E-state index < -0.39 is 5.97 Å². The number of aromatic hydroxyl groups is 1. The summed E-state index contributed by atoms with van der Waals surface area (Å²) < 4.78 is 10.5. The van der Waals surface area contributed by atoms with Crippen LogP contribution in [0.2, 0.25) is 0 Å². The summed E-state index contributed by atoms with van der Waals surface area (Å²) in [5, 5.41) is 18.9. The van der Waals surface area contributed by atoms with Crippen LogP contribution in [0.25, 0.3) is 0 Å². The maximum absolute atomic E-state index is 11.2. The molecule has 20 heavy (non-hydrogen) atoms. The average Bonchev–Trinajstić information content (AvgIpc) is 2.45. The number of methoxy groups -OCH3 is 1. The first-order valence-corrected chi connectivity index (χ1v) is 5.93. The Morgan fingerprint density at radius 3 is 2.40 bits per heavy atom. The summed E-state index contributed by atoms with van der Waals surface area (Å²) in [5.41, 5.74) is 0.824. The fourth-order valence-electron chi connectivity index (χ4n) is 1.79. The Balaban J connectivity index is 2.33. The van der Waals surface area contributed by atoms with Gasteiger partial charge in [-0.1, -0.05) is 30.3 Å². The number of phenols is 1. The normalized spacial score (nSPS) is 10.1. The Kier molecular flexibility index (Phi) is 4.10. The van der Waals surface area contributed by atoms with Crippen LogP contribution in [0.3, 0.4) is 0 Å². The minimum absolute atomic E-state index is 0.0147. The summed E-state index contributed by atoms with van der Waals surface area (Å²) in [7, 11) is 1.34. The molecule has 2 aromatic rings. The molecule has 0 aliphatic rings. The van der Waals surface area contributed by atoms with E-state index in [0.29, 0.717) is 0 Å². The minimum Gasteiger partial charge on any atom is -0.504 e. The van der Waals surface area contributed by atoms with E-state index in [2.05, 4.69) is 0 Å². The molecule has 0 saturated heterocycles. The third-order valence-electron chi connectivity index (χ3n) is 2.75. The maximum Gasteiger partial charge on any atom is 0.339 e. The van der Waals surface area contributed by atoms with Crippen LogP contribution in [-0.2, 0) is 6.61 Å². The van der Waals surface area contributed by atoms with Gasteiger partial charge in [-0.25, -0.2) is 4.79 Å². The van der Waals surface area contributed by atoms with Gasteiger partial charge in [0.15, 0.2) is 11.5 Å². The van der Waals surface area contributed by atoms with Crippen molar-refractivity contribution >= 4 is 5.97 Å². The van der Waals surface area contributed by atoms with E-state index in [0.717, 1.165) is 5.56 Å². The van der Waals surface area contributed by atoms with Gasteiger partial charge < -0.3 is 19.7 Å². The SMILES string of the molecule is COc1c(O)ccc(C(=O)O)c1OCc1ccccc1. The van der Waals surface area contributed by atoms with Crippen molar-refractivity contribution in [2.24, 2.45) is 0 Å². The second-order valence-electron chi connectivity index (χ2n) is 4.07. The molecule has 2 N–H and O–H groups in total. The zero-order chi connectivity index (χ0) is 14.5. The molecule has 0 aliphatic carbocycles. The number of hydrogen-bond acceptors (Lipinski definition) is 4. The van der Waals surface area contributed by atoms with Gasteiger partial charge in [-0.2, -0.15) is 0 Å². The predicted molar refractivity (Wildman–Crippen MR) is 72.4 cm³/mol. The highest BCUT2D eigenvalue weighted by atomic mass is 16.5. The van der Waals surface area contributed by atoms with E-state index in [1.165, 1.54) is 19.2 Å². The number of hydrogen-bond donors (Lipinski definition) is 2. The van der Waals surface area contributed by atoms with Crippen molar-refractivity contribution in [1.29, 1.82) is 0 Å². The number of aromatic carboxylic acids is 1. The zero-order valence-electron chi connectivity index (χ0n) is 10.9. The molecule has 5 nitrogen and oxygen atoms in total. The molecule has 2 aromatic carbocycles. The number of carbonyl (C=O) groups is 1. The number of ether oxygens (including phenoxy) is 2. The molecule has 2 rings (SSSR count). The molecule has 0 unspecified atom stereocenters.